The van der Waals surface area contributed by atoms with Gasteiger partial charge in [0.15, 0.2) is 0 Å². The second kappa shape index (κ2) is 3.78. The van der Waals surface area contributed by atoms with Crippen molar-refractivity contribution < 1.29 is 4.39 Å². The smallest absolute Gasteiger partial charge is 0.305 e. The first-order valence-corrected chi connectivity index (χ1v) is 5.78. The van der Waals surface area contributed by atoms with E-state index in [0.717, 1.165) is 33.3 Å². The van der Waals surface area contributed by atoms with Crippen LogP contribution in [0.5, 0.6) is 0 Å². The van der Waals surface area contributed by atoms with Crippen LogP contribution >= 0.6 is 11.3 Å². The predicted octanol–water partition coefficient (Wildman–Crippen LogP) is 2.79. The maximum atomic E-state index is 13.1. The molecule has 1 N–H and O–H groups in total. The zero-order valence-electron chi connectivity index (χ0n) is 8.61. The Morgan fingerprint density at radius 1 is 1.18 bits per heavy atom. The van der Waals surface area contributed by atoms with Crippen molar-refractivity contribution in [1.82, 2.24) is 9.97 Å². The van der Waals surface area contributed by atoms with E-state index in [-0.39, 0.29) is 10.7 Å². The van der Waals surface area contributed by atoms with Gasteiger partial charge >= 0.3 is 4.87 Å². The van der Waals surface area contributed by atoms with Crippen molar-refractivity contribution in [3.05, 3.63) is 52.1 Å². The number of thiazole rings is 1. The number of H-pyrrole nitrogens is 1. The molecule has 17 heavy (non-hydrogen) atoms. The first-order valence-electron chi connectivity index (χ1n) is 4.96. The van der Waals surface area contributed by atoms with Gasteiger partial charge in [0, 0.05) is 11.8 Å². The van der Waals surface area contributed by atoms with Crippen LogP contribution in [0.2, 0.25) is 0 Å². The lowest BCUT2D eigenvalue weighted by Crippen LogP contribution is -1.89. The number of hydrogen-bond acceptors (Lipinski definition) is 3. The second-order valence-corrected chi connectivity index (χ2v) is 4.63. The minimum absolute atomic E-state index is 0.0884. The molecule has 0 radical (unpaired) electrons. The maximum Gasteiger partial charge on any atom is 0.305 e. The molecule has 0 bridgehead atoms. The number of aromatic nitrogens is 2. The lowest BCUT2D eigenvalue weighted by Gasteiger charge is -2.00. The highest BCUT2D eigenvalue weighted by atomic mass is 32.1. The van der Waals surface area contributed by atoms with Gasteiger partial charge in [-0.2, -0.15) is 0 Å². The normalized spacial score (nSPS) is 10.9. The molecule has 0 aliphatic carbocycles. The molecule has 3 aromatic rings. The summed E-state index contributed by atoms with van der Waals surface area (Å²) in [6.07, 6.45) is 2.76. The largest absolute Gasteiger partial charge is 0.312 e. The molecule has 0 atom stereocenters. The molecule has 0 saturated heterocycles. The third-order valence-electron chi connectivity index (χ3n) is 2.46. The van der Waals surface area contributed by atoms with Crippen LogP contribution in [0.4, 0.5) is 4.39 Å². The lowest BCUT2D eigenvalue weighted by molar-refractivity contribution is 0.622. The molecule has 0 fully saturated rings. The van der Waals surface area contributed by atoms with Crippen LogP contribution in [0, 0.1) is 5.82 Å². The monoisotopic (exact) mass is 246 g/mol. The molecule has 0 aliphatic heterocycles. The minimum atomic E-state index is -0.371. The van der Waals surface area contributed by atoms with Gasteiger partial charge in [0.25, 0.3) is 0 Å². The van der Waals surface area contributed by atoms with Crippen LogP contribution in [0.1, 0.15) is 0 Å². The summed E-state index contributed by atoms with van der Waals surface area (Å²) in [5, 5.41) is 0. The number of fused-ring (bicyclic) bond motifs is 1. The molecule has 3 rings (SSSR count). The molecule has 1 aromatic carbocycles. The van der Waals surface area contributed by atoms with Gasteiger partial charge in [0.05, 0.1) is 16.4 Å². The van der Waals surface area contributed by atoms with Crippen molar-refractivity contribution in [2.45, 2.75) is 0 Å². The average molecular weight is 246 g/mol. The van der Waals surface area contributed by atoms with Crippen LogP contribution in [0.25, 0.3) is 21.3 Å². The Balaban J connectivity index is 2.20. The number of rotatable bonds is 1. The Bertz CT molecular complexity index is 747. The fourth-order valence-corrected chi connectivity index (χ4v) is 2.47. The maximum absolute atomic E-state index is 13.1. The standard InChI is InChI=1S/C12H7FN2OS/c13-9-3-8(5-14-6-9)7-1-2-10-11(4-7)17-12(16)15-10/h1-6H,(H,15,16). The van der Waals surface area contributed by atoms with Crippen molar-refractivity contribution in [2.75, 3.05) is 0 Å². The number of nitrogens with one attached hydrogen (secondary N) is 1. The van der Waals surface area contributed by atoms with E-state index in [1.54, 1.807) is 6.20 Å². The van der Waals surface area contributed by atoms with E-state index < -0.39 is 0 Å². The highest BCUT2D eigenvalue weighted by Crippen LogP contribution is 2.24. The minimum Gasteiger partial charge on any atom is -0.312 e. The molecule has 5 heteroatoms. The zero-order valence-corrected chi connectivity index (χ0v) is 9.42. The Morgan fingerprint density at radius 3 is 2.88 bits per heavy atom. The van der Waals surface area contributed by atoms with Crippen molar-refractivity contribution in [1.29, 1.82) is 0 Å². The number of halogens is 1. The van der Waals surface area contributed by atoms with Crippen LogP contribution in [0.3, 0.4) is 0 Å². The van der Waals surface area contributed by atoms with E-state index in [4.69, 9.17) is 0 Å². The third-order valence-corrected chi connectivity index (χ3v) is 3.30. The van der Waals surface area contributed by atoms with Crippen LogP contribution in [-0.2, 0) is 0 Å². The molecule has 3 nitrogen and oxygen atoms in total. The van der Waals surface area contributed by atoms with Gasteiger partial charge in [0.1, 0.15) is 5.82 Å². The highest BCUT2D eigenvalue weighted by molar-refractivity contribution is 7.16. The molecule has 2 heterocycles. The summed E-state index contributed by atoms with van der Waals surface area (Å²) in [4.78, 5) is 17.6. The number of benzene rings is 1. The molecular formula is C12H7FN2OS. The zero-order chi connectivity index (χ0) is 11.8. The van der Waals surface area contributed by atoms with Crippen molar-refractivity contribution >= 4 is 21.6 Å². The average Bonchev–Trinajstić information content (AvgIpc) is 2.68. The van der Waals surface area contributed by atoms with E-state index in [0.29, 0.717) is 5.56 Å². The lowest BCUT2D eigenvalue weighted by atomic mass is 10.1. The Labute approximate surface area is 99.6 Å². The van der Waals surface area contributed by atoms with Gasteiger partial charge in [-0.1, -0.05) is 17.4 Å². The molecule has 0 amide bonds. The van der Waals surface area contributed by atoms with E-state index in [1.165, 1.54) is 6.07 Å². The molecule has 2 aromatic heterocycles. The van der Waals surface area contributed by atoms with Crippen LogP contribution in [-0.4, -0.2) is 9.97 Å². The van der Waals surface area contributed by atoms with Gasteiger partial charge in [0.2, 0.25) is 0 Å². The van der Waals surface area contributed by atoms with Crippen molar-refractivity contribution in [3.63, 3.8) is 0 Å². The topological polar surface area (TPSA) is 45.8 Å². The summed E-state index contributed by atoms with van der Waals surface area (Å²) < 4.78 is 13.9. The van der Waals surface area contributed by atoms with Gasteiger partial charge in [-0.15, -0.1) is 0 Å². The first-order chi connectivity index (χ1) is 8.22. The van der Waals surface area contributed by atoms with Gasteiger partial charge in [-0.25, -0.2) is 4.39 Å². The van der Waals surface area contributed by atoms with E-state index in [9.17, 15) is 9.18 Å². The molecule has 0 spiro atoms. The second-order valence-electron chi connectivity index (χ2n) is 3.62. The molecule has 84 valence electrons. The van der Waals surface area contributed by atoms with Gasteiger partial charge in [-0.05, 0) is 23.8 Å². The fourth-order valence-electron chi connectivity index (χ4n) is 1.69. The number of nitrogens with zero attached hydrogens (tertiary/aromatic N) is 1. The SMILES string of the molecule is O=c1[nH]c2ccc(-c3cncc(F)c3)cc2s1. The molecular weight excluding hydrogens is 239 g/mol. The molecule has 0 aliphatic rings. The van der Waals surface area contributed by atoms with Gasteiger partial charge < -0.3 is 4.98 Å². The van der Waals surface area contributed by atoms with E-state index in [1.807, 2.05) is 18.2 Å². The van der Waals surface area contributed by atoms with Crippen molar-refractivity contribution in [2.24, 2.45) is 0 Å². The fraction of sp³-hybridized carbons (Fsp3) is 0. The third kappa shape index (κ3) is 1.85. The van der Waals surface area contributed by atoms with Gasteiger partial charge in [-0.3, -0.25) is 9.78 Å². The summed E-state index contributed by atoms with van der Waals surface area (Å²) >= 11 is 1.14. The summed E-state index contributed by atoms with van der Waals surface area (Å²) in [6.45, 7) is 0. The first kappa shape index (κ1) is 10.2. The Kier molecular flexibility index (Phi) is 2.26. The number of pyridine rings is 1. The predicted molar refractivity (Wildman–Crippen MR) is 65.6 cm³/mol. The number of hydrogen-bond donors (Lipinski definition) is 1. The van der Waals surface area contributed by atoms with Crippen molar-refractivity contribution in [3.8, 4) is 11.1 Å². The summed E-state index contributed by atoms with van der Waals surface area (Å²) in [5.74, 6) is -0.371. The van der Waals surface area contributed by atoms with E-state index >= 15 is 0 Å². The Morgan fingerprint density at radius 2 is 2.06 bits per heavy atom. The quantitative estimate of drug-likeness (QED) is 0.717. The Hall–Kier alpha value is -2.01. The summed E-state index contributed by atoms with van der Waals surface area (Å²) in [6, 6.07) is 6.92. The van der Waals surface area contributed by atoms with Crippen LogP contribution < -0.4 is 4.87 Å². The number of aromatic amines is 1. The summed E-state index contributed by atoms with van der Waals surface area (Å²) in [7, 11) is 0. The molecule has 0 unspecified atom stereocenters. The molecule has 0 saturated carbocycles. The highest BCUT2D eigenvalue weighted by Gasteiger charge is 2.04. The summed E-state index contributed by atoms with van der Waals surface area (Å²) in [5.41, 5.74) is 2.35. The van der Waals surface area contributed by atoms with E-state index in [2.05, 4.69) is 9.97 Å². The van der Waals surface area contributed by atoms with Crippen LogP contribution in [0.15, 0.2) is 41.5 Å².